The first kappa shape index (κ1) is 13.1. The zero-order valence-corrected chi connectivity index (χ0v) is 11.3. The molecule has 0 aliphatic heterocycles. The highest BCUT2D eigenvalue weighted by Crippen LogP contribution is 2.23. The molecule has 3 aromatic rings. The van der Waals surface area contributed by atoms with Crippen molar-refractivity contribution >= 4 is 16.9 Å². The lowest BCUT2D eigenvalue weighted by atomic mass is 10.2. The number of para-hydroxylation sites is 1. The van der Waals surface area contributed by atoms with E-state index in [1.165, 1.54) is 16.8 Å². The number of rotatable bonds is 2. The normalized spacial score (nSPS) is 10.5. The maximum atomic E-state index is 12.1. The SMILES string of the molecule is Cn1c(=O)cc(OC(=O)c2cccnc2)c2ccccc21. The van der Waals surface area contributed by atoms with Crippen LogP contribution in [-0.4, -0.2) is 15.5 Å². The van der Waals surface area contributed by atoms with E-state index >= 15 is 0 Å². The number of aryl methyl sites for hydroxylation is 1. The summed E-state index contributed by atoms with van der Waals surface area (Å²) in [5.41, 5.74) is 0.809. The van der Waals surface area contributed by atoms with Crippen LogP contribution in [0.1, 0.15) is 10.4 Å². The molecule has 0 saturated heterocycles. The molecule has 0 saturated carbocycles. The number of aromatic nitrogens is 2. The topological polar surface area (TPSA) is 61.2 Å². The monoisotopic (exact) mass is 280 g/mol. The summed E-state index contributed by atoms with van der Waals surface area (Å²) in [6, 6.07) is 11.8. The molecule has 3 rings (SSSR count). The summed E-state index contributed by atoms with van der Waals surface area (Å²) >= 11 is 0. The fourth-order valence-electron chi connectivity index (χ4n) is 2.11. The van der Waals surface area contributed by atoms with Crippen LogP contribution in [0.4, 0.5) is 0 Å². The van der Waals surface area contributed by atoms with Gasteiger partial charge in [0.2, 0.25) is 0 Å². The summed E-state index contributed by atoms with van der Waals surface area (Å²) in [4.78, 5) is 27.9. The lowest BCUT2D eigenvalue weighted by molar-refractivity contribution is 0.0736. The number of hydrogen-bond acceptors (Lipinski definition) is 4. The van der Waals surface area contributed by atoms with E-state index in [9.17, 15) is 9.59 Å². The fourth-order valence-corrected chi connectivity index (χ4v) is 2.11. The number of carbonyl (C=O) groups is 1. The molecule has 0 bridgehead atoms. The average Bonchev–Trinajstić information content (AvgIpc) is 2.53. The van der Waals surface area contributed by atoms with Crippen molar-refractivity contribution in [1.29, 1.82) is 0 Å². The summed E-state index contributed by atoms with van der Waals surface area (Å²) in [5.74, 6) is -0.288. The second-order valence-electron chi connectivity index (χ2n) is 4.55. The van der Waals surface area contributed by atoms with Gasteiger partial charge in [-0.25, -0.2) is 4.79 Å². The Balaban J connectivity index is 2.08. The molecule has 21 heavy (non-hydrogen) atoms. The van der Waals surface area contributed by atoms with Gasteiger partial charge in [-0.1, -0.05) is 12.1 Å². The number of benzene rings is 1. The summed E-state index contributed by atoms with van der Waals surface area (Å²) in [7, 11) is 1.68. The highest BCUT2D eigenvalue weighted by Gasteiger charge is 2.13. The highest BCUT2D eigenvalue weighted by molar-refractivity contribution is 5.94. The van der Waals surface area contributed by atoms with E-state index in [4.69, 9.17) is 4.74 Å². The Morgan fingerprint density at radius 3 is 2.76 bits per heavy atom. The zero-order chi connectivity index (χ0) is 14.8. The Morgan fingerprint density at radius 1 is 1.19 bits per heavy atom. The van der Waals surface area contributed by atoms with Crippen LogP contribution in [0.5, 0.6) is 5.75 Å². The Kier molecular flexibility index (Phi) is 3.23. The summed E-state index contributed by atoms with van der Waals surface area (Å²) in [5, 5.41) is 0.705. The molecule has 1 aromatic carbocycles. The van der Waals surface area contributed by atoms with E-state index in [1.807, 2.05) is 12.1 Å². The van der Waals surface area contributed by atoms with Crippen LogP contribution in [0, 0.1) is 0 Å². The molecule has 0 spiro atoms. The minimum Gasteiger partial charge on any atom is -0.422 e. The Bertz CT molecular complexity index is 870. The van der Waals surface area contributed by atoms with E-state index in [1.54, 1.807) is 37.5 Å². The van der Waals surface area contributed by atoms with E-state index in [-0.39, 0.29) is 11.3 Å². The summed E-state index contributed by atoms with van der Waals surface area (Å²) in [6.45, 7) is 0. The highest BCUT2D eigenvalue weighted by atomic mass is 16.5. The zero-order valence-electron chi connectivity index (χ0n) is 11.3. The van der Waals surface area contributed by atoms with Gasteiger partial charge in [-0.3, -0.25) is 9.78 Å². The van der Waals surface area contributed by atoms with Crippen molar-refractivity contribution in [3.05, 3.63) is 70.8 Å². The number of fused-ring (bicyclic) bond motifs is 1. The molecule has 0 atom stereocenters. The second-order valence-corrected chi connectivity index (χ2v) is 4.55. The van der Waals surface area contributed by atoms with Gasteiger partial charge in [-0.2, -0.15) is 0 Å². The maximum absolute atomic E-state index is 12.1. The van der Waals surface area contributed by atoms with Crippen LogP contribution >= 0.6 is 0 Å². The Morgan fingerprint density at radius 2 is 2.00 bits per heavy atom. The van der Waals surface area contributed by atoms with Crippen LogP contribution in [0.2, 0.25) is 0 Å². The van der Waals surface area contributed by atoms with Crippen LogP contribution in [0.15, 0.2) is 59.7 Å². The van der Waals surface area contributed by atoms with Crippen LogP contribution in [0.25, 0.3) is 10.9 Å². The molecule has 0 aliphatic carbocycles. The van der Waals surface area contributed by atoms with Crippen LogP contribution in [0.3, 0.4) is 0 Å². The molecule has 5 nitrogen and oxygen atoms in total. The molecule has 0 radical (unpaired) electrons. The first-order chi connectivity index (χ1) is 10.2. The van der Waals surface area contributed by atoms with Crippen LogP contribution < -0.4 is 10.3 Å². The van der Waals surface area contributed by atoms with Gasteiger partial charge in [-0.05, 0) is 24.3 Å². The number of carbonyl (C=O) groups excluding carboxylic acids is 1. The molecule has 0 N–H and O–H groups in total. The number of pyridine rings is 2. The Labute approximate surface area is 120 Å². The van der Waals surface area contributed by atoms with Crippen molar-refractivity contribution in [3.63, 3.8) is 0 Å². The molecule has 0 amide bonds. The number of hydrogen-bond donors (Lipinski definition) is 0. The van der Waals surface area contributed by atoms with Crippen molar-refractivity contribution in [3.8, 4) is 5.75 Å². The first-order valence-corrected chi connectivity index (χ1v) is 6.38. The molecule has 2 heterocycles. The molecule has 0 aliphatic rings. The average molecular weight is 280 g/mol. The third-order valence-electron chi connectivity index (χ3n) is 3.22. The van der Waals surface area contributed by atoms with Gasteiger partial charge < -0.3 is 9.30 Å². The molecular formula is C16H12N2O3. The smallest absolute Gasteiger partial charge is 0.345 e. The largest absolute Gasteiger partial charge is 0.422 e. The molecule has 0 unspecified atom stereocenters. The van der Waals surface area contributed by atoms with Crippen LogP contribution in [-0.2, 0) is 7.05 Å². The minimum atomic E-state index is -0.540. The number of nitrogens with zero attached hydrogens (tertiary/aromatic N) is 2. The lowest BCUT2D eigenvalue weighted by Crippen LogP contribution is -2.18. The van der Waals surface area contributed by atoms with Gasteiger partial charge >= 0.3 is 5.97 Å². The molecule has 0 fully saturated rings. The van der Waals surface area contributed by atoms with Gasteiger partial charge in [0.1, 0.15) is 5.75 Å². The van der Waals surface area contributed by atoms with Gasteiger partial charge in [0.25, 0.3) is 5.56 Å². The third-order valence-corrected chi connectivity index (χ3v) is 3.22. The van der Waals surface area contributed by atoms with E-state index < -0.39 is 5.97 Å². The van der Waals surface area contributed by atoms with Crippen molar-refractivity contribution in [1.82, 2.24) is 9.55 Å². The standard InChI is InChI=1S/C16H12N2O3/c1-18-13-7-3-2-6-12(13)14(9-15(18)19)21-16(20)11-5-4-8-17-10-11/h2-10H,1H3. The molecule has 5 heteroatoms. The predicted molar refractivity (Wildman–Crippen MR) is 78.4 cm³/mol. The quantitative estimate of drug-likeness (QED) is 0.675. The fraction of sp³-hybridized carbons (Fsp3) is 0.0625. The predicted octanol–water partition coefficient (Wildman–Crippen LogP) is 2.15. The van der Waals surface area contributed by atoms with Crippen molar-refractivity contribution in [2.75, 3.05) is 0 Å². The van der Waals surface area contributed by atoms with E-state index in [0.717, 1.165) is 0 Å². The number of esters is 1. The van der Waals surface area contributed by atoms with E-state index in [0.29, 0.717) is 16.5 Å². The summed E-state index contributed by atoms with van der Waals surface area (Å²) < 4.78 is 6.87. The van der Waals surface area contributed by atoms with Crippen molar-refractivity contribution < 1.29 is 9.53 Å². The third kappa shape index (κ3) is 2.41. The first-order valence-electron chi connectivity index (χ1n) is 6.38. The Hall–Kier alpha value is -2.95. The molecular weight excluding hydrogens is 268 g/mol. The van der Waals surface area contributed by atoms with Gasteiger partial charge in [0.15, 0.2) is 0 Å². The van der Waals surface area contributed by atoms with Crippen molar-refractivity contribution in [2.24, 2.45) is 7.05 Å². The van der Waals surface area contributed by atoms with Gasteiger partial charge in [-0.15, -0.1) is 0 Å². The minimum absolute atomic E-state index is 0.234. The van der Waals surface area contributed by atoms with E-state index in [2.05, 4.69) is 4.98 Å². The van der Waals surface area contributed by atoms with Crippen molar-refractivity contribution in [2.45, 2.75) is 0 Å². The second kappa shape index (κ2) is 5.20. The molecule has 2 aromatic heterocycles. The van der Waals surface area contributed by atoms with Gasteiger partial charge in [0.05, 0.1) is 11.1 Å². The molecule has 104 valence electrons. The number of ether oxygens (including phenoxy) is 1. The van der Waals surface area contributed by atoms with Gasteiger partial charge in [0, 0.05) is 30.9 Å². The lowest BCUT2D eigenvalue weighted by Gasteiger charge is -2.10. The summed E-state index contributed by atoms with van der Waals surface area (Å²) in [6.07, 6.45) is 3.00. The maximum Gasteiger partial charge on any atom is 0.345 e.